The van der Waals surface area contributed by atoms with Gasteiger partial charge in [0.15, 0.2) is 0 Å². The minimum atomic E-state index is -4.26. The van der Waals surface area contributed by atoms with E-state index in [0.29, 0.717) is 21.7 Å². The van der Waals surface area contributed by atoms with Crippen molar-refractivity contribution >= 4 is 48.1 Å². The molecule has 0 bridgehead atoms. The number of hydrogen-bond donors (Lipinski definition) is 1. The SMILES string of the molecule is Cc1c(CN2CCC(Nc3ncnc4sc(CC(F)(F)F)cc34)CC2)ccc2c1cc(C#N)n2CCN1CCC2(CC1)CC(S(C)(=O)=O)C2. The van der Waals surface area contributed by atoms with Crippen LogP contribution in [0.2, 0.25) is 0 Å². The first-order chi connectivity index (χ1) is 23.3. The van der Waals surface area contributed by atoms with Crippen molar-refractivity contribution < 1.29 is 21.6 Å². The lowest BCUT2D eigenvalue weighted by Crippen LogP contribution is -2.51. The molecule has 5 heterocycles. The highest BCUT2D eigenvalue weighted by Crippen LogP contribution is 2.51. The topological polar surface area (TPSA) is 107 Å². The summed E-state index contributed by atoms with van der Waals surface area (Å²) in [6, 6.07) is 10.5. The van der Waals surface area contributed by atoms with Gasteiger partial charge in [0, 0.05) is 60.8 Å². The zero-order chi connectivity index (χ0) is 34.6. The quantitative estimate of drug-likeness (QED) is 0.216. The van der Waals surface area contributed by atoms with Crippen LogP contribution in [0.25, 0.3) is 21.1 Å². The number of nitrogens with zero attached hydrogens (tertiary/aromatic N) is 6. The Labute approximate surface area is 289 Å². The number of benzene rings is 1. The number of fused-ring (bicyclic) bond motifs is 2. The molecule has 1 spiro atoms. The second-order valence-electron chi connectivity index (χ2n) is 14.4. The Morgan fingerprint density at radius 1 is 1.04 bits per heavy atom. The molecule has 49 heavy (non-hydrogen) atoms. The van der Waals surface area contributed by atoms with Gasteiger partial charge in [-0.1, -0.05) is 6.07 Å². The van der Waals surface area contributed by atoms with E-state index in [0.717, 1.165) is 107 Å². The number of sulfone groups is 1. The molecule has 1 aromatic carbocycles. The summed E-state index contributed by atoms with van der Waals surface area (Å²) in [6.07, 6.45) is 3.00. The standard InChI is InChI=1S/C35H42F3N7O2S2/c1-23-24(21-44-9-5-25(6-10-44)42-32-30-16-27(17-35(36,37)38)48-33(30)41-22-40-32)3-4-31-29(23)15-26(20-39)45(31)14-13-43-11-7-34(8-12-43)18-28(19-34)49(2,46)47/h3-4,15-16,22,25,28H,5-14,17-19,21H2,1-2H3,(H,40,41,42). The lowest BCUT2D eigenvalue weighted by atomic mass is 9.63. The van der Waals surface area contributed by atoms with Gasteiger partial charge >= 0.3 is 6.18 Å². The zero-order valence-corrected chi connectivity index (χ0v) is 29.5. The Morgan fingerprint density at radius 2 is 1.78 bits per heavy atom. The van der Waals surface area contributed by atoms with Crippen LogP contribution < -0.4 is 5.32 Å². The molecule has 1 saturated carbocycles. The van der Waals surface area contributed by atoms with Gasteiger partial charge in [0.05, 0.1) is 17.1 Å². The second kappa shape index (κ2) is 13.1. The van der Waals surface area contributed by atoms with Crippen LogP contribution in [-0.4, -0.2) is 89.2 Å². The summed E-state index contributed by atoms with van der Waals surface area (Å²) in [6.45, 7) is 8.22. The average molecular weight is 714 g/mol. The number of likely N-dealkylation sites (tertiary alicyclic amines) is 2. The van der Waals surface area contributed by atoms with E-state index < -0.39 is 22.4 Å². The fraction of sp³-hybridized carbons (Fsp3) is 0.571. The number of nitriles is 1. The van der Waals surface area contributed by atoms with E-state index >= 15 is 0 Å². The van der Waals surface area contributed by atoms with Gasteiger partial charge in [0.1, 0.15) is 38.6 Å². The molecule has 3 fully saturated rings. The number of rotatable bonds is 9. The van der Waals surface area contributed by atoms with Crippen molar-refractivity contribution in [1.29, 1.82) is 5.26 Å². The lowest BCUT2D eigenvalue weighted by Gasteiger charge is -2.51. The molecule has 1 N–H and O–H groups in total. The van der Waals surface area contributed by atoms with Crippen molar-refractivity contribution in [2.75, 3.05) is 44.3 Å². The Morgan fingerprint density at radius 3 is 2.45 bits per heavy atom. The molecular formula is C35H42F3N7O2S2. The number of halogens is 3. The van der Waals surface area contributed by atoms with E-state index in [1.807, 2.05) is 6.07 Å². The molecule has 0 atom stereocenters. The van der Waals surface area contributed by atoms with Crippen LogP contribution in [0.3, 0.4) is 0 Å². The predicted molar refractivity (Wildman–Crippen MR) is 186 cm³/mol. The monoisotopic (exact) mass is 713 g/mol. The van der Waals surface area contributed by atoms with E-state index in [4.69, 9.17) is 0 Å². The molecule has 0 amide bonds. The summed E-state index contributed by atoms with van der Waals surface area (Å²) in [4.78, 5) is 14.2. The lowest BCUT2D eigenvalue weighted by molar-refractivity contribution is -0.126. The Kier molecular flexibility index (Phi) is 9.17. The molecule has 0 radical (unpaired) electrons. The van der Waals surface area contributed by atoms with Gasteiger partial charge in [-0.3, -0.25) is 4.90 Å². The van der Waals surface area contributed by atoms with Gasteiger partial charge in [-0.05, 0) is 93.3 Å². The van der Waals surface area contributed by atoms with Gasteiger partial charge in [-0.25, -0.2) is 18.4 Å². The molecule has 1 aliphatic carbocycles. The predicted octanol–water partition coefficient (Wildman–Crippen LogP) is 6.30. The molecule has 0 unspecified atom stereocenters. The maximum atomic E-state index is 13.0. The van der Waals surface area contributed by atoms with E-state index in [1.54, 1.807) is 6.07 Å². The van der Waals surface area contributed by atoms with Crippen LogP contribution in [0.15, 0.2) is 30.6 Å². The third kappa shape index (κ3) is 7.31. The Hall–Kier alpha value is -3.25. The molecule has 2 aliphatic heterocycles. The van der Waals surface area contributed by atoms with Crippen molar-refractivity contribution in [3.63, 3.8) is 0 Å². The molecule has 14 heteroatoms. The molecule has 3 aliphatic rings. The number of aromatic nitrogens is 3. The number of hydrogen-bond acceptors (Lipinski definition) is 9. The average Bonchev–Trinajstić information content (AvgIpc) is 3.61. The first-order valence-corrected chi connectivity index (χ1v) is 19.8. The molecule has 4 aromatic rings. The second-order valence-corrected chi connectivity index (χ2v) is 17.9. The van der Waals surface area contributed by atoms with Crippen LogP contribution in [0, 0.1) is 23.7 Å². The number of aryl methyl sites for hydroxylation is 1. The minimum Gasteiger partial charge on any atom is -0.367 e. The molecule has 2 saturated heterocycles. The third-order valence-corrected chi connectivity index (χ3v) is 13.7. The van der Waals surface area contributed by atoms with E-state index in [1.165, 1.54) is 23.7 Å². The highest BCUT2D eigenvalue weighted by molar-refractivity contribution is 7.91. The number of piperidine rings is 2. The highest BCUT2D eigenvalue weighted by Gasteiger charge is 2.49. The van der Waals surface area contributed by atoms with Crippen molar-refractivity contribution in [1.82, 2.24) is 24.3 Å². The summed E-state index contributed by atoms with van der Waals surface area (Å²) in [5.74, 6) is 0.595. The maximum absolute atomic E-state index is 13.0. The fourth-order valence-corrected chi connectivity index (χ4v) is 10.4. The van der Waals surface area contributed by atoms with E-state index in [-0.39, 0.29) is 21.6 Å². The Balaban J connectivity index is 0.943. The summed E-state index contributed by atoms with van der Waals surface area (Å²) in [7, 11) is -2.94. The van der Waals surface area contributed by atoms with Crippen molar-refractivity contribution in [2.45, 2.75) is 82.4 Å². The minimum absolute atomic E-state index is 0.165. The number of alkyl halides is 3. The molecule has 262 valence electrons. The van der Waals surface area contributed by atoms with Crippen LogP contribution >= 0.6 is 11.3 Å². The van der Waals surface area contributed by atoms with Gasteiger partial charge in [0.25, 0.3) is 0 Å². The summed E-state index contributed by atoms with van der Waals surface area (Å²) in [5, 5.41) is 15.1. The van der Waals surface area contributed by atoms with E-state index in [9.17, 15) is 26.9 Å². The van der Waals surface area contributed by atoms with Crippen molar-refractivity contribution in [3.05, 3.63) is 52.3 Å². The smallest absolute Gasteiger partial charge is 0.367 e. The van der Waals surface area contributed by atoms with Crippen LogP contribution in [0.1, 0.15) is 60.2 Å². The molecule has 9 nitrogen and oxygen atoms in total. The van der Waals surface area contributed by atoms with Crippen molar-refractivity contribution in [2.24, 2.45) is 5.41 Å². The summed E-state index contributed by atoms with van der Waals surface area (Å²) >= 11 is 1.06. The van der Waals surface area contributed by atoms with E-state index in [2.05, 4.69) is 54.8 Å². The van der Waals surface area contributed by atoms with Gasteiger partial charge < -0.3 is 14.8 Å². The highest BCUT2D eigenvalue weighted by atomic mass is 32.2. The van der Waals surface area contributed by atoms with Gasteiger partial charge in [-0.15, -0.1) is 11.3 Å². The van der Waals surface area contributed by atoms with Crippen molar-refractivity contribution in [3.8, 4) is 6.07 Å². The fourth-order valence-electron chi connectivity index (χ4n) is 8.11. The molecule has 3 aromatic heterocycles. The number of nitrogens with one attached hydrogen (secondary N) is 1. The number of anilines is 1. The largest absolute Gasteiger partial charge is 0.393 e. The van der Waals surface area contributed by atoms with Gasteiger partial charge in [0.2, 0.25) is 0 Å². The molecular weight excluding hydrogens is 672 g/mol. The van der Waals surface area contributed by atoms with Gasteiger partial charge in [-0.2, -0.15) is 18.4 Å². The Bertz CT molecular complexity index is 1990. The zero-order valence-electron chi connectivity index (χ0n) is 27.9. The third-order valence-electron chi connectivity index (χ3n) is 11.1. The normalized spacial score (nSPS) is 19.8. The first-order valence-electron chi connectivity index (χ1n) is 17.0. The van der Waals surface area contributed by atoms with Crippen LogP contribution in [0.4, 0.5) is 19.0 Å². The summed E-state index contributed by atoms with van der Waals surface area (Å²) in [5.41, 5.74) is 4.37. The number of thiophene rings is 1. The van der Waals surface area contributed by atoms with Crippen LogP contribution in [-0.2, 0) is 29.3 Å². The first kappa shape index (κ1) is 34.2. The maximum Gasteiger partial charge on any atom is 0.393 e. The summed E-state index contributed by atoms with van der Waals surface area (Å²) < 4.78 is 64.8. The molecule has 7 rings (SSSR count). The van der Waals surface area contributed by atoms with Crippen LogP contribution in [0.5, 0.6) is 0 Å².